The maximum atomic E-state index is 7.52. The van der Waals surface area contributed by atoms with Crippen molar-refractivity contribution in [2.24, 2.45) is 0 Å². The van der Waals surface area contributed by atoms with Gasteiger partial charge >= 0.3 is 0 Å². The highest BCUT2D eigenvalue weighted by Crippen LogP contribution is 2.58. The van der Waals surface area contributed by atoms with Crippen molar-refractivity contribution in [2.45, 2.75) is 337 Å². The minimum atomic E-state index is 0.608. The first-order valence-electron chi connectivity index (χ1n) is 43.4. The van der Waals surface area contributed by atoms with E-state index in [9.17, 15) is 0 Å². The molecule has 0 aliphatic rings. The number of fused-ring (bicyclic) bond motifs is 4. The van der Waals surface area contributed by atoms with Crippen LogP contribution in [0.15, 0.2) is 84.9 Å². The molecule has 10 rings (SSSR count). The third-order valence-corrected chi connectivity index (χ3v) is 26.5. The number of aromatic nitrogens is 4. The summed E-state index contributed by atoms with van der Waals surface area (Å²) in [7, 11) is 0. The molecule has 0 N–H and O–H groups in total. The summed E-state index contributed by atoms with van der Waals surface area (Å²) in [4.78, 5) is 4.74. The SMILES string of the molecule is CCCCCCCCCCCCc1c2cc(-c3c(OCCCCCCCC)c(OCCCCCCCC)c(-c4ccc(-c5ccccc5)s4)c4nsnc34)sc2c(CCCCCCCCCCCC)c2cc(-c3c(OCCCCCCCC)c(OCCCCCCCC)c(-c4ccccc4)c4nsnc34)sc12. The summed E-state index contributed by atoms with van der Waals surface area (Å²) in [6.07, 6.45) is 56.4. The van der Waals surface area contributed by atoms with Gasteiger partial charge in [-0.25, -0.2) is 0 Å². The van der Waals surface area contributed by atoms with Crippen molar-refractivity contribution >= 4 is 99.7 Å². The lowest BCUT2D eigenvalue weighted by Crippen LogP contribution is -2.06. The smallest absolute Gasteiger partial charge is 0.172 e. The predicted molar refractivity (Wildman–Crippen MR) is 471 cm³/mol. The lowest BCUT2D eigenvalue weighted by atomic mass is 9.93. The van der Waals surface area contributed by atoms with Crippen LogP contribution in [0.2, 0.25) is 0 Å². The Morgan fingerprint density at radius 2 is 0.523 bits per heavy atom. The molecule has 0 saturated carbocycles. The number of hydrogen-bond acceptors (Lipinski definition) is 13. The van der Waals surface area contributed by atoms with E-state index in [1.54, 1.807) is 0 Å². The normalized spacial score (nSPS) is 11.8. The summed E-state index contributed by atoms with van der Waals surface area (Å²) in [6.45, 7) is 16.3. The molecule has 5 aromatic carbocycles. The van der Waals surface area contributed by atoms with Crippen molar-refractivity contribution in [1.82, 2.24) is 17.5 Å². The van der Waals surface area contributed by atoms with Gasteiger partial charge in [0, 0.05) is 28.9 Å². The maximum absolute atomic E-state index is 7.52. The summed E-state index contributed by atoms with van der Waals surface area (Å²) >= 11 is 8.42. The molecule has 10 aromatic rings. The quantitative estimate of drug-likeness (QED) is 0.0348. The van der Waals surface area contributed by atoms with E-state index in [0.717, 1.165) is 155 Å². The zero-order chi connectivity index (χ0) is 74.3. The average Bonchev–Trinajstić information content (AvgIpc) is 1.58. The van der Waals surface area contributed by atoms with Gasteiger partial charge in [-0.3, -0.25) is 0 Å². The van der Waals surface area contributed by atoms with E-state index in [4.69, 9.17) is 36.4 Å². The molecule has 0 atom stereocenters. The second-order valence-electron chi connectivity index (χ2n) is 30.6. The largest absolute Gasteiger partial charge is 0.489 e. The Kier molecular flexibility index (Phi) is 38.0. The van der Waals surface area contributed by atoms with Gasteiger partial charge < -0.3 is 18.9 Å². The van der Waals surface area contributed by atoms with Crippen LogP contribution in [0.5, 0.6) is 23.0 Å². The summed E-state index contributed by atoms with van der Waals surface area (Å²) in [5, 5.41) is 2.77. The number of hydrogen-bond donors (Lipinski definition) is 0. The number of unbranched alkanes of at least 4 members (excludes halogenated alkanes) is 38. The van der Waals surface area contributed by atoms with Crippen molar-refractivity contribution in [3.05, 3.63) is 96.1 Å². The van der Waals surface area contributed by atoms with Crippen LogP contribution in [-0.2, 0) is 12.8 Å². The number of aryl methyl sites for hydroxylation is 2. The Labute approximate surface area is 666 Å². The van der Waals surface area contributed by atoms with Crippen LogP contribution in [0.1, 0.15) is 335 Å². The van der Waals surface area contributed by atoms with E-state index in [1.165, 1.54) is 293 Å². The highest BCUT2D eigenvalue weighted by Gasteiger charge is 2.33. The second-order valence-corrected chi connectivity index (χ2v) is 34.9. The zero-order valence-electron chi connectivity index (χ0n) is 66.9. The van der Waals surface area contributed by atoms with E-state index >= 15 is 0 Å². The van der Waals surface area contributed by atoms with Gasteiger partial charge in [-0.05, 0) is 109 Å². The van der Waals surface area contributed by atoms with Gasteiger partial charge in [-0.15, -0.1) is 34.0 Å². The fraction of sp³-hybridized carbons (Fsp3) is 0.596. The standard InChI is InChI=1S/C94H132N4O4S5/c1-7-13-19-25-31-33-35-37-39-51-61-73-75-69-79(83-87-85(95-106-97-87)81(72-59-49-46-50-60-72)89(99-65-53-41-27-21-15-9-3)91(83)101-67-55-43-29-23-17-11-5)104-93(75)74(62-52-40-38-36-34-32-26-20-14-8-2)76-70-80(105-94(73)76)84-88-86(96-107-98-88)82(78-64-63-77(103-78)71-57-47-45-48-58-71)90(100-66-54-42-28-22-16-10-4)92(84)102-68-56-44-30-24-18-12-6/h45-50,57-60,63-64,69-70H,7-44,51-56,61-62,65-68H2,1-6H3. The Balaban J connectivity index is 1.18. The van der Waals surface area contributed by atoms with E-state index in [0.29, 0.717) is 26.4 Å². The first-order chi connectivity index (χ1) is 53.0. The first kappa shape index (κ1) is 84.0. The van der Waals surface area contributed by atoms with Crippen LogP contribution in [0.4, 0.5) is 0 Å². The molecule has 107 heavy (non-hydrogen) atoms. The highest BCUT2D eigenvalue weighted by atomic mass is 32.1. The Morgan fingerprint density at radius 3 is 0.860 bits per heavy atom. The molecule has 5 aromatic heterocycles. The van der Waals surface area contributed by atoms with Crippen LogP contribution in [-0.4, -0.2) is 43.9 Å². The fourth-order valence-electron chi connectivity index (χ4n) is 15.7. The van der Waals surface area contributed by atoms with Gasteiger partial charge in [0.1, 0.15) is 22.1 Å². The van der Waals surface area contributed by atoms with Crippen molar-refractivity contribution in [3.8, 4) is 75.9 Å². The topological polar surface area (TPSA) is 88.5 Å². The summed E-state index contributed by atoms with van der Waals surface area (Å²) in [5.74, 6) is 3.31. The van der Waals surface area contributed by atoms with Crippen LogP contribution < -0.4 is 18.9 Å². The fourth-order valence-corrected chi connectivity index (χ4v) is 20.5. The third kappa shape index (κ3) is 24.5. The van der Waals surface area contributed by atoms with E-state index < -0.39 is 0 Å². The Morgan fingerprint density at radius 1 is 0.252 bits per heavy atom. The van der Waals surface area contributed by atoms with E-state index in [-0.39, 0.29) is 0 Å². The average molecular weight is 1540 g/mol. The van der Waals surface area contributed by atoms with Crippen LogP contribution in [0, 0.1) is 0 Å². The molecule has 8 nitrogen and oxygen atoms in total. The molecule has 13 heteroatoms. The zero-order valence-corrected chi connectivity index (χ0v) is 71.0. The minimum Gasteiger partial charge on any atom is -0.489 e. The molecule has 0 bridgehead atoms. The predicted octanol–water partition coefficient (Wildman–Crippen LogP) is 32.4. The molecule has 582 valence electrons. The molecule has 0 aliphatic heterocycles. The monoisotopic (exact) mass is 1540 g/mol. The molecule has 0 saturated heterocycles. The van der Waals surface area contributed by atoms with Gasteiger partial charge in [-0.2, -0.15) is 17.5 Å². The number of rotatable bonds is 59. The number of nitrogens with zero attached hydrogens (tertiary/aromatic N) is 4. The molecule has 0 amide bonds. The lowest BCUT2D eigenvalue weighted by Gasteiger charge is -2.20. The van der Waals surface area contributed by atoms with E-state index in [1.807, 2.05) is 34.0 Å². The maximum Gasteiger partial charge on any atom is 0.172 e. The first-order valence-corrected chi connectivity index (χ1v) is 47.3. The number of benzene rings is 5. The van der Waals surface area contributed by atoms with Gasteiger partial charge in [-0.1, -0.05) is 346 Å². The molecule has 0 radical (unpaired) electrons. The molecule has 5 heterocycles. The van der Waals surface area contributed by atoms with Crippen molar-refractivity contribution in [1.29, 1.82) is 0 Å². The molecule has 0 unspecified atom stereocenters. The molecular weight excluding hydrogens is 1410 g/mol. The van der Waals surface area contributed by atoms with Crippen LogP contribution in [0.25, 0.3) is 95.1 Å². The number of thiophene rings is 3. The molecule has 0 fully saturated rings. The van der Waals surface area contributed by atoms with Gasteiger partial charge in [0.15, 0.2) is 23.0 Å². The van der Waals surface area contributed by atoms with Gasteiger partial charge in [0.05, 0.1) is 72.1 Å². The molecule has 0 spiro atoms. The van der Waals surface area contributed by atoms with Crippen LogP contribution in [0.3, 0.4) is 0 Å². The highest BCUT2D eigenvalue weighted by molar-refractivity contribution is 7.24. The van der Waals surface area contributed by atoms with Gasteiger partial charge in [0.25, 0.3) is 0 Å². The summed E-state index contributed by atoms with van der Waals surface area (Å²) in [6, 6.07) is 31.4. The number of ether oxygens (including phenoxy) is 4. The van der Waals surface area contributed by atoms with Crippen molar-refractivity contribution in [2.75, 3.05) is 26.4 Å². The van der Waals surface area contributed by atoms with Crippen LogP contribution >= 0.6 is 57.5 Å². The van der Waals surface area contributed by atoms with Gasteiger partial charge in [0.2, 0.25) is 0 Å². The molecule has 0 aliphatic carbocycles. The minimum absolute atomic E-state index is 0.608. The lowest BCUT2D eigenvalue weighted by molar-refractivity contribution is 0.260. The third-order valence-electron chi connectivity index (χ3n) is 21.9. The van der Waals surface area contributed by atoms with Crippen molar-refractivity contribution < 1.29 is 18.9 Å². The summed E-state index contributed by atoms with van der Waals surface area (Å²) in [5.41, 5.74) is 12.9. The van der Waals surface area contributed by atoms with E-state index in [2.05, 4.69) is 126 Å². The Hall–Kier alpha value is -5.44. The Bertz CT molecular complexity index is 4030. The summed E-state index contributed by atoms with van der Waals surface area (Å²) < 4.78 is 53.8. The second kappa shape index (κ2) is 48.4. The molecular formula is C94H132N4O4S5. The van der Waals surface area contributed by atoms with Crippen molar-refractivity contribution in [3.63, 3.8) is 0 Å².